The predicted octanol–water partition coefficient (Wildman–Crippen LogP) is 2.19. The molecule has 1 aromatic heterocycles. The zero-order valence-corrected chi connectivity index (χ0v) is 8.17. The van der Waals surface area contributed by atoms with Crippen molar-refractivity contribution in [2.45, 2.75) is 13.5 Å². The normalized spacial score (nSPS) is 10.7. The molecular formula is C9H13ClN2. The molecule has 2 nitrogen and oxygen atoms in total. The first-order valence-electron chi connectivity index (χ1n) is 4.01. The third kappa shape index (κ3) is 2.80. The SMILES string of the molecule is CCN(C)Cc1ccnc(Cl)c1. The number of pyridine rings is 1. The molecule has 0 aliphatic heterocycles. The van der Waals surface area contributed by atoms with Crippen molar-refractivity contribution in [1.29, 1.82) is 0 Å². The Labute approximate surface area is 78.2 Å². The van der Waals surface area contributed by atoms with Crippen molar-refractivity contribution in [2.24, 2.45) is 0 Å². The van der Waals surface area contributed by atoms with Gasteiger partial charge >= 0.3 is 0 Å². The van der Waals surface area contributed by atoms with Gasteiger partial charge < -0.3 is 4.90 Å². The molecule has 0 aliphatic carbocycles. The van der Waals surface area contributed by atoms with Crippen LogP contribution in [0.1, 0.15) is 12.5 Å². The Kier molecular flexibility index (Phi) is 3.50. The lowest BCUT2D eigenvalue weighted by Gasteiger charge is -2.13. The summed E-state index contributed by atoms with van der Waals surface area (Å²) in [4.78, 5) is 6.13. The standard InChI is InChI=1S/C9H13ClN2/c1-3-12(2)7-8-4-5-11-9(10)6-8/h4-6H,3,7H2,1-2H3. The molecule has 1 heterocycles. The average molecular weight is 185 g/mol. The van der Waals surface area contributed by atoms with Crippen LogP contribution in [0, 0.1) is 0 Å². The van der Waals surface area contributed by atoms with E-state index in [1.807, 2.05) is 12.1 Å². The average Bonchev–Trinajstić information content (AvgIpc) is 2.04. The zero-order chi connectivity index (χ0) is 8.97. The number of rotatable bonds is 3. The van der Waals surface area contributed by atoms with Crippen molar-refractivity contribution in [3.63, 3.8) is 0 Å². The van der Waals surface area contributed by atoms with Gasteiger partial charge in [-0.25, -0.2) is 4.98 Å². The first-order valence-corrected chi connectivity index (χ1v) is 4.39. The fourth-order valence-corrected chi connectivity index (χ4v) is 1.16. The van der Waals surface area contributed by atoms with E-state index in [9.17, 15) is 0 Å². The van der Waals surface area contributed by atoms with Gasteiger partial charge in [-0.05, 0) is 31.3 Å². The predicted molar refractivity (Wildman–Crippen MR) is 51.3 cm³/mol. The molecule has 1 aromatic rings. The molecule has 0 unspecified atom stereocenters. The largest absolute Gasteiger partial charge is 0.302 e. The molecule has 0 amide bonds. The van der Waals surface area contributed by atoms with E-state index in [-0.39, 0.29) is 0 Å². The number of nitrogens with zero attached hydrogens (tertiary/aromatic N) is 2. The number of hydrogen-bond donors (Lipinski definition) is 0. The fourth-order valence-electron chi connectivity index (χ4n) is 0.964. The molecule has 0 atom stereocenters. The summed E-state index contributed by atoms with van der Waals surface area (Å²) >= 11 is 5.74. The Bertz CT molecular complexity index is 250. The van der Waals surface area contributed by atoms with Crippen LogP contribution >= 0.6 is 11.6 Å². The van der Waals surface area contributed by atoms with E-state index < -0.39 is 0 Å². The minimum Gasteiger partial charge on any atom is -0.302 e. The minimum absolute atomic E-state index is 0.567. The summed E-state index contributed by atoms with van der Waals surface area (Å²) in [5.74, 6) is 0. The van der Waals surface area contributed by atoms with E-state index in [2.05, 4.69) is 23.9 Å². The maximum absolute atomic E-state index is 5.74. The monoisotopic (exact) mass is 184 g/mol. The van der Waals surface area contributed by atoms with Crippen molar-refractivity contribution in [3.05, 3.63) is 29.0 Å². The van der Waals surface area contributed by atoms with E-state index >= 15 is 0 Å². The van der Waals surface area contributed by atoms with Gasteiger partial charge in [-0.15, -0.1) is 0 Å². The second-order valence-electron chi connectivity index (χ2n) is 2.82. The molecule has 3 heteroatoms. The smallest absolute Gasteiger partial charge is 0.129 e. The second kappa shape index (κ2) is 4.43. The van der Waals surface area contributed by atoms with E-state index in [4.69, 9.17) is 11.6 Å². The molecule has 0 saturated carbocycles. The van der Waals surface area contributed by atoms with Crippen LogP contribution in [0.2, 0.25) is 5.15 Å². The van der Waals surface area contributed by atoms with Crippen LogP contribution in [-0.2, 0) is 6.54 Å². The minimum atomic E-state index is 0.567. The molecule has 0 fully saturated rings. The second-order valence-corrected chi connectivity index (χ2v) is 3.20. The Morgan fingerprint density at radius 3 is 2.92 bits per heavy atom. The van der Waals surface area contributed by atoms with Crippen LogP contribution in [0.3, 0.4) is 0 Å². The molecule has 0 spiro atoms. The van der Waals surface area contributed by atoms with Gasteiger partial charge in [-0.2, -0.15) is 0 Å². The lowest BCUT2D eigenvalue weighted by molar-refractivity contribution is 0.345. The van der Waals surface area contributed by atoms with Crippen molar-refractivity contribution in [2.75, 3.05) is 13.6 Å². The Balaban J connectivity index is 2.63. The van der Waals surface area contributed by atoms with Crippen LogP contribution in [0.25, 0.3) is 0 Å². The summed E-state index contributed by atoms with van der Waals surface area (Å²) < 4.78 is 0. The maximum Gasteiger partial charge on any atom is 0.129 e. The lowest BCUT2D eigenvalue weighted by atomic mass is 10.2. The molecule has 0 radical (unpaired) electrons. The van der Waals surface area contributed by atoms with Crippen molar-refractivity contribution in [1.82, 2.24) is 9.88 Å². The molecule has 0 N–H and O–H groups in total. The van der Waals surface area contributed by atoms with Gasteiger partial charge in [-0.3, -0.25) is 0 Å². The highest BCUT2D eigenvalue weighted by molar-refractivity contribution is 6.29. The van der Waals surface area contributed by atoms with Crippen LogP contribution in [0.15, 0.2) is 18.3 Å². The van der Waals surface area contributed by atoms with Crippen LogP contribution in [0.4, 0.5) is 0 Å². The quantitative estimate of drug-likeness (QED) is 0.670. The molecule has 0 aliphatic rings. The van der Waals surface area contributed by atoms with E-state index in [0.717, 1.165) is 13.1 Å². The summed E-state index contributed by atoms with van der Waals surface area (Å²) in [5.41, 5.74) is 1.21. The van der Waals surface area contributed by atoms with Crippen LogP contribution < -0.4 is 0 Å². The Hall–Kier alpha value is -0.600. The molecule has 0 aromatic carbocycles. The molecule has 66 valence electrons. The highest BCUT2D eigenvalue weighted by Crippen LogP contribution is 2.08. The van der Waals surface area contributed by atoms with E-state index in [0.29, 0.717) is 5.15 Å². The third-order valence-corrected chi connectivity index (χ3v) is 1.99. The number of halogens is 1. The van der Waals surface area contributed by atoms with E-state index in [1.54, 1.807) is 6.20 Å². The van der Waals surface area contributed by atoms with Gasteiger partial charge in [0.1, 0.15) is 5.15 Å². The van der Waals surface area contributed by atoms with Crippen molar-refractivity contribution < 1.29 is 0 Å². The Morgan fingerprint density at radius 2 is 2.33 bits per heavy atom. The van der Waals surface area contributed by atoms with Crippen molar-refractivity contribution >= 4 is 11.6 Å². The van der Waals surface area contributed by atoms with Gasteiger partial charge in [0, 0.05) is 12.7 Å². The topological polar surface area (TPSA) is 16.1 Å². The van der Waals surface area contributed by atoms with Crippen LogP contribution in [0.5, 0.6) is 0 Å². The highest BCUT2D eigenvalue weighted by atomic mass is 35.5. The summed E-state index contributed by atoms with van der Waals surface area (Å²) in [7, 11) is 2.08. The zero-order valence-electron chi connectivity index (χ0n) is 7.42. The van der Waals surface area contributed by atoms with Crippen LogP contribution in [-0.4, -0.2) is 23.5 Å². The number of aromatic nitrogens is 1. The van der Waals surface area contributed by atoms with E-state index in [1.165, 1.54) is 5.56 Å². The Morgan fingerprint density at radius 1 is 1.58 bits per heavy atom. The van der Waals surface area contributed by atoms with Gasteiger partial charge in [0.15, 0.2) is 0 Å². The molecular weight excluding hydrogens is 172 g/mol. The van der Waals surface area contributed by atoms with Gasteiger partial charge in [0.2, 0.25) is 0 Å². The summed E-state index contributed by atoms with van der Waals surface area (Å²) in [6.45, 7) is 4.10. The van der Waals surface area contributed by atoms with Gasteiger partial charge in [-0.1, -0.05) is 18.5 Å². The van der Waals surface area contributed by atoms with Gasteiger partial charge in [0.25, 0.3) is 0 Å². The molecule has 12 heavy (non-hydrogen) atoms. The number of hydrogen-bond acceptors (Lipinski definition) is 2. The lowest BCUT2D eigenvalue weighted by Crippen LogP contribution is -2.16. The highest BCUT2D eigenvalue weighted by Gasteiger charge is 1.97. The maximum atomic E-state index is 5.74. The fraction of sp³-hybridized carbons (Fsp3) is 0.444. The first-order chi connectivity index (χ1) is 5.72. The third-order valence-electron chi connectivity index (χ3n) is 1.78. The van der Waals surface area contributed by atoms with Crippen molar-refractivity contribution in [3.8, 4) is 0 Å². The molecule has 0 bridgehead atoms. The summed E-state index contributed by atoms with van der Waals surface area (Å²) in [6.07, 6.45) is 1.74. The molecule has 1 rings (SSSR count). The first kappa shape index (κ1) is 9.49. The van der Waals surface area contributed by atoms with Gasteiger partial charge in [0.05, 0.1) is 0 Å². The summed E-state index contributed by atoms with van der Waals surface area (Å²) in [6, 6.07) is 3.88. The summed E-state index contributed by atoms with van der Waals surface area (Å²) in [5, 5.41) is 0.567. The molecule has 0 saturated heterocycles.